The zero-order chi connectivity index (χ0) is 14.8. The molecule has 0 radical (unpaired) electrons. The Morgan fingerprint density at radius 3 is 2.52 bits per heavy atom. The second-order valence-corrected chi connectivity index (χ2v) is 4.91. The monoisotopic (exact) mass is 281 g/mol. The molecule has 0 spiro atoms. The SMILES string of the molecule is Cn1ccc2cc(-c3ccc(OCC(=O)O)cc3)ccc21. The van der Waals surface area contributed by atoms with Crippen molar-refractivity contribution in [2.45, 2.75) is 0 Å². The smallest absolute Gasteiger partial charge is 0.341 e. The Hall–Kier alpha value is -2.75. The predicted molar refractivity (Wildman–Crippen MR) is 81.5 cm³/mol. The molecular formula is C17H15NO3. The lowest BCUT2D eigenvalue weighted by Gasteiger charge is -2.06. The second kappa shape index (κ2) is 5.32. The number of aromatic nitrogens is 1. The van der Waals surface area contributed by atoms with E-state index in [2.05, 4.69) is 28.8 Å². The van der Waals surface area contributed by atoms with E-state index in [9.17, 15) is 4.79 Å². The van der Waals surface area contributed by atoms with Gasteiger partial charge < -0.3 is 14.4 Å². The number of aryl methyl sites for hydroxylation is 1. The fourth-order valence-corrected chi connectivity index (χ4v) is 2.35. The highest BCUT2D eigenvalue weighted by Gasteiger charge is 2.03. The molecule has 0 aliphatic heterocycles. The molecule has 3 rings (SSSR count). The van der Waals surface area contributed by atoms with Gasteiger partial charge in [-0.15, -0.1) is 0 Å². The van der Waals surface area contributed by atoms with Crippen LogP contribution in [-0.2, 0) is 11.8 Å². The molecule has 1 N–H and O–H groups in total. The number of hydrogen-bond donors (Lipinski definition) is 1. The molecule has 0 atom stereocenters. The molecular weight excluding hydrogens is 266 g/mol. The van der Waals surface area contributed by atoms with Gasteiger partial charge in [-0.25, -0.2) is 4.79 Å². The number of rotatable bonds is 4. The minimum Gasteiger partial charge on any atom is -0.482 e. The number of carbonyl (C=O) groups is 1. The van der Waals surface area contributed by atoms with Crippen LogP contribution in [0.25, 0.3) is 22.0 Å². The zero-order valence-electron chi connectivity index (χ0n) is 11.6. The predicted octanol–water partition coefficient (Wildman–Crippen LogP) is 3.31. The van der Waals surface area contributed by atoms with Crippen molar-refractivity contribution in [1.82, 2.24) is 4.57 Å². The van der Waals surface area contributed by atoms with Crippen LogP contribution >= 0.6 is 0 Å². The first kappa shape index (κ1) is 13.2. The second-order valence-electron chi connectivity index (χ2n) is 4.91. The van der Waals surface area contributed by atoms with Crippen molar-refractivity contribution in [1.29, 1.82) is 0 Å². The Morgan fingerprint density at radius 1 is 1.10 bits per heavy atom. The molecule has 106 valence electrons. The van der Waals surface area contributed by atoms with Gasteiger partial charge in [0, 0.05) is 24.1 Å². The summed E-state index contributed by atoms with van der Waals surface area (Å²) < 4.78 is 7.21. The summed E-state index contributed by atoms with van der Waals surface area (Å²) in [5, 5.41) is 9.78. The molecule has 0 aliphatic carbocycles. The third-order valence-electron chi connectivity index (χ3n) is 3.44. The van der Waals surface area contributed by atoms with Gasteiger partial charge in [-0.3, -0.25) is 0 Å². The largest absolute Gasteiger partial charge is 0.482 e. The summed E-state index contributed by atoms with van der Waals surface area (Å²) in [5.74, 6) is -0.421. The molecule has 4 nitrogen and oxygen atoms in total. The van der Waals surface area contributed by atoms with Gasteiger partial charge in [-0.1, -0.05) is 18.2 Å². The molecule has 2 aromatic carbocycles. The number of carboxylic acid groups (broad SMARTS) is 1. The molecule has 0 aliphatic rings. The van der Waals surface area contributed by atoms with Crippen molar-refractivity contribution >= 4 is 16.9 Å². The number of aliphatic carboxylic acids is 1. The lowest BCUT2D eigenvalue weighted by atomic mass is 10.0. The highest BCUT2D eigenvalue weighted by Crippen LogP contribution is 2.26. The maximum absolute atomic E-state index is 10.5. The number of hydrogen-bond acceptors (Lipinski definition) is 2. The molecule has 0 fully saturated rings. The van der Waals surface area contributed by atoms with Crippen LogP contribution in [0.3, 0.4) is 0 Å². The number of ether oxygens (including phenoxy) is 1. The maximum atomic E-state index is 10.5. The van der Waals surface area contributed by atoms with E-state index in [1.165, 1.54) is 10.9 Å². The van der Waals surface area contributed by atoms with Crippen LogP contribution in [-0.4, -0.2) is 22.2 Å². The molecule has 0 saturated carbocycles. The van der Waals surface area contributed by atoms with Crippen LogP contribution in [0.4, 0.5) is 0 Å². The van der Waals surface area contributed by atoms with Crippen molar-refractivity contribution in [3.05, 3.63) is 54.7 Å². The Labute approximate surface area is 122 Å². The van der Waals surface area contributed by atoms with Crippen molar-refractivity contribution in [2.75, 3.05) is 6.61 Å². The average Bonchev–Trinajstić information content (AvgIpc) is 2.86. The highest BCUT2D eigenvalue weighted by molar-refractivity contribution is 5.85. The van der Waals surface area contributed by atoms with E-state index in [4.69, 9.17) is 9.84 Å². The highest BCUT2D eigenvalue weighted by atomic mass is 16.5. The normalized spacial score (nSPS) is 10.7. The molecule has 1 heterocycles. The number of fused-ring (bicyclic) bond motifs is 1. The zero-order valence-corrected chi connectivity index (χ0v) is 11.6. The summed E-state index contributed by atoms with van der Waals surface area (Å²) in [6.07, 6.45) is 2.04. The van der Waals surface area contributed by atoms with Gasteiger partial charge in [-0.2, -0.15) is 0 Å². The lowest BCUT2D eigenvalue weighted by Crippen LogP contribution is -2.09. The molecule has 4 heteroatoms. The van der Waals surface area contributed by atoms with Crippen LogP contribution in [0.15, 0.2) is 54.7 Å². The van der Waals surface area contributed by atoms with Gasteiger partial charge in [0.25, 0.3) is 0 Å². The molecule has 21 heavy (non-hydrogen) atoms. The molecule has 1 aromatic heterocycles. The van der Waals surface area contributed by atoms with Crippen LogP contribution in [0, 0.1) is 0 Å². The van der Waals surface area contributed by atoms with Gasteiger partial charge in [0.1, 0.15) is 5.75 Å². The van der Waals surface area contributed by atoms with Crippen LogP contribution in [0.5, 0.6) is 5.75 Å². The van der Waals surface area contributed by atoms with E-state index in [0.29, 0.717) is 5.75 Å². The van der Waals surface area contributed by atoms with Crippen molar-refractivity contribution in [2.24, 2.45) is 7.05 Å². The summed E-state index contributed by atoms with van der Waals surface area (Å²) in [6.45, 7) is -0.324. The Morgan fingerprint density at radius 2 is 1.81 bits per heavy atom. The van der Waals surface area contributed by atoms with Crippen LogP contribution < -0.4 is 4.74 Å². The topological polar surface area (TPSA) is 51.5 Å². The van der Waals surface area contributed by atoms with Crippen molar-refractivity contribution in [3.8, 4) is 16.9 Å². The fourth-order valence-electron chi connectivity index (χ4n) is 2.35. The van der Waals surface area contributed by atoms with E-state index < -0.39 is 5.97 Å². The maximum Gasteiger partial charge on any atom is 0.341 e. The standard InChI is InChI=1S/C17H15NO3/c1-18-9-8-14-10-13(4-7-16(14)18)12-2-5-15(6-3-12)21-11-17(19)20/h2-10H,11H2,1H3,(H,19,20). The van der Waals surface area contributed by atoms with Gasteiger partial charge >= 0.3 is 5.97 Å². The summed E-state index contributed by atoms with van der Waals surface area (Å²) in [4.78, 5) is 10.5. The molecule has 0 unspecified atom stereocenters. The van der Waals surface area contributed by atoms with Gasteiger partial charge in [-0.05, 0) is 41.5 Å². The van der Waals surface area contributed by atoms with Crippen LogP contribution in [0.2, 0.25) is 0 Å². The summed E-state index contributed by atoms with van der Waals surface area (Å²) in [7, 11) is 2.02. The first-order valence-corrected chi connectivity index (χ1v) is 6.63. The third-order valence-corrected chi connectivity index (χ3v) is 3.44. The van der Waals surface area contributed by atoms with E-state index >= 15 is 0 Å². The van der Waals surface area contributed by atoms with E-state index in [-0.39, 0.29) is 6.61 Å². The van der Waals surface area contributed by atoms with Gasteiger partial charge in [0.05, 0.1) is 0 Å². The Bertz CT molecular complexity index is 787. The quantitative estimate of drug-likeness (QED) is 0.798. The van der Waals surface area contributed by atoms with Crippen molar-refractivity contribution < 1.29 is 14.6 Å². The van der Waals surface area contributed by atoms with E-state index in [1.807, 2.05) is 25.4 Å². The third kappa shape index (κ3) is 2.74. The first-order chi connectivity index (χ1) is 10.1. The Balaban J connectivity index is 1.86. The number of carboxylic acids is 1. The minimum absolute atomic E-state index is 0.324. The summed E-state index contributed by atoms with van der Waals surface area (Å²) >= 11 is 0. The van der Waals surface area contributed by atoms with Crippen molar-refractivity contribution in [3.63, 3.8) is 0 Å². The molecule has 0 bridgehead atoms. The molecule has 0 saturated heterocycles. The molecule has 3 aromatic rings. The van der Waals surface area contributed by atoms with E-state index in [0.717, 1.165) is 11.1 Å². The van der Waals surface area contributed by atoms with Crippen LogP contribution in [0.1, 0.15) is 0 Å². The average molecular weight is 281 g/mol. The fraction of sp³-hybridized carbons (Fsp3) is 0.118. The first-order valence-electron chi connectivity index (χ1n) is 6.63. The summed E-state index contributed by atoms with van der Waals surface area (Å²) in [5.41, 5.74) is 3.39. The molecule has 0 amide bonds. The number of nitrogens with zero attached hydrogens (tertiary/aromatic N) is 1. The van der Waals surface area contributed by atoms with E-state index in [1.54, 1.807) is 12.1 Å². The summed E-state index contributed by atoms with van der Waals surface area (Å²) in [6, 6.07) is 15.8. The minimum atomic E-state index is -0.978. The Kier molecular flexibility index (Phi) is 3.36. The number of benzene rings is 2. The lowest BCUT2D eigenvalue weighted by molar-refractivity contribution is -0.139. The van der Waals surface area contributed by atoms with Gasteiger partial charge in [0.15, 0.2) is 6.61 Å². The van der Waals surface area contributed by atoms with Gasteiger partial charge in [0.2, 0.25) is 0 Å².